The first-order chi connectivity index (χ1) is 10.2. The summed E-state index contributed by atoms with van der Waals surface area (Å²) in [4.78, 5) is 11.4. The number of rotatable bonds is 5. The lowest BCUT2D eigenvalue weighted by atomic mass is 10.1. The molecule has 1 N–H and O–H groups in total. The lowest BCUT2D eigenvalue weighted by Gasteiger charge is -2.09. The maximum atomic E-state index is 11.4. The molecule has 0 saturated heterocycles. The van der Waals surface area contributed by atoms with Crippen LogP contribution in [0.4, 0.5) is 0 Å². The van der Waals surface area contributed by atoms with Crippen molar-refractivity contribution >= 4 is 17.5 Å². The van der Waals surface area contributed by atoms with Gasteiger partial charge in [-0.25, -0.2) is 0 Å². The number of ether oxygens (including phenoxy) is 1. The highest BCUT2D eigenvalue weighted by molar-refractivity contribution is 6.32. The molecule has 0 aliphatic rings. The summed E-state index contributed by atoms with van der Waals surface area (Å²) in [5.41, 5.74) is 2.06. The van der Waals surface area contributed by atoms with Crippen LogP contribution in [0.15, 0.2) is 48.5 Å². The molecule has 0 aromatic heterocycles. The lowest BCUT2D eigenvalue weighted by Crippen LogP contribution is -2.29. The van der Waals surface area contributed by atoms with Crippen molar-refractivity contribution in [2.75, 3.05) is 13.2 Å². The van der Waals surface area contributed by atoms with Crippen LogP contribution in [-0.4, -0.2) is 19.1 Å². The van der Waals surface area contributed by atoms with Crippen molar-refractivity contribution in [2.24, 2.45) is 0 Å². The molecule has 0 aliphatic carbocycles. The minimum atomic E-state index is -0.281. The number of terminal acetylenes is 1. The van der Waals surface area contributed by atoms with Gasteiger partial charge in [0.05, 0.1) is 11.6 Å². The zero-order valence-electron chi connectivity index (χ0n) is 11.3. The van der Waals surface area contributed by atoms with Gasteiger partial charge >= 0.3 is 0 Å². The normalized spacial score (nSPS) is 9.71. The molecule has 0 spiro atoms. The van der Waals surface area contributed by atoms with Crippen LogP contribution in [0.1, 0.15) is 0 Å². The summed E-state index contributed by atoms with van der Waals surface area (Å²) in [7, 11) is 0. The molecule has 0 atom stereocenters. The van der Waals surface area contributed by atoms with Crippen LogP contribution in [0.3, 0.4) is 0 Å². The Hall–Kier alpha value is -2.44. The van der Waals surface area contributed by atoms with Crippen LogP contribution in [0.2, 0.25) is 5.02 Å². The van der Waals surface area contributed by atoms with Crippen molar-refractivity contribution in [1.82, 2.24) is 5.32 Å². The summed E-state index contributed by atoms with van der Waals surface area (Å²) in [6, 6.07) is 15.3. The van der Waals surface area contributed by atoms with Gasteiger partial charge in [-0.3, -0.25) is 4.79 Å². The van der Waals surface area contributed by atoms with E-state index in [0.717, 1.165) is 11.1 Å². The number of benzene rings is 2. The van der Waals surface area contributed by atoms with E-state index in [2.05, 4.69) is 11.2 Å². The van der Waals surface area contributed by atoms with Gasteiger partial charge in [0, 0.05) is 0 Å². The Kier molecular flexibility index (Phi) is 5.25. The summed E-state index contributed by atoms with van der Waals surface area (Å²) in [6.45, 7) is 0.0644. The average Bonchev–Trinajstić information content (AvgIpc) is 2.52. The molecule has 0 aliphatic heterocycles. The number of nitrogens with one attached hydrogen (secondary N) is 1. The third kappa shape index (κ3) is 4.27. The minimum absolute atomic E-state index is 0.119. The molecule has 106 valence electrons. The van der Waals surface area contributed by atoms with Crippen LogP contribution < -0.4 is 10.1 Å². The van der Waals surface area contributed by atoms with Gasteiger partial charge in [-0.1, -0.05) is 53.9 Å². The number of carbonyl (C=O) groups excluding carboxylic acids is 1. The lowest BCUT2D eigenvalue weighted by molar-refractivity contribution is -0.122. The van der Waals surface area contributed by atoms with E-state index in [4.69, 9.17) is 22.8 Å². The van der Waals surface area contributed by atoms with Crippen LogP contribution in [0, 0.1) is 12.3 Å². The standard InChI is InChI=1S/C17H14ClNO2/c1-2-10-19-17(20)12-21-16-9-8-14(11-15(16)18)13-6-4-3-5-7-13/h1,3-9,11H,10,12H2,(H,19,20). The maximum absolute atomic E-state index is 11.4. The highest BCUT2D eigenvalue weighted by Gasteiger charge is 2.07. The Balaban J connectivity index is 2.03. The summed E-state index contributed by atoms with van der Waals surface area (Å²) < 4.78 is 5.37. The molecule has 21 heavy (non-hydrogen) atoms. The van der Waals surface area contributed by atoms with Crippen LogP contribution >= 0.6 is 11.6 Å². The van der Waals surface area contributed by atoms with Gasteiger partial charge in [0.2, 0.25) is 0 Å². The van der Waals surface area contributed by atoms with E-state index < -0.39 is 0 Å². The minimum Gasteiger partial charge on any atom is -0.482 e. The average molecular weight is 300 g/mol. The van der Waals surface area contributed by atoms with Crippen molar-refractivity contribution in [3.05, 3.63) is 53.6 Å². The maximum Gasteiger partial charge on any atom is 0.258 e. The Morgan fingerprint density at radius 1 is 1.19 bits per heavy atom. The summed E-state index contributed by atoms with van der Waals surface area (Å²) in [5, 5.41) is 2.98. The number of carbonyl (C=O) groups is 1. The first-order valence-corrected chi connectivity index (χ1v) is 6.76. The largest absolute Gasteiger partial charge is 0.482 e. The third-order valence-electron chi connectivity index (χ3n) is 2.79. The second-order valence-electron chi connectivity index (χ2n) is 4.28. The van der Waals surface area contributed by atoms with Gasteiger partial charge < -0.3 is 10.1 Å². The predicted octanol–water partition coefficient (Wildman–Crippen LogP) is 3.14. The zero-order valence-corrected chi connectivity index (χ0v) is 12.1. The van der Waals surface area contributed by atoms with Crippen molar-refractivity contribution in [1.29, 1.82) is 0 Å². The molecule has 4 heteroatoms. The van der Waals surface area contributed by atoms with E-state index in [1.54, 1.807) is 6.07 Å². The molecule has 2 aromatic rings. The van der Waals surface area contributed by atoms with Crippen LogP contribution in [0.25, 0.3) is 11.1 Å². The summed E-state index contributed by atoms with van der Waals surface area (Å²) >= 11 is 6.18. The van der Waals surface area contributed by atoms with E-state index in [0.29, 0.717) is 10.8 Å². The molecule has 1 amide bonds. The molecule has 2 aromatic carbocycles. The predicted molar refractivity (Wildman–Crippen MR) is 84.2 cm³/mol. The smallest absolute Gasteiger partial charge is 0.258 e. The van der Waals surface area contributed by atoms with Gasteiger partial charge in [0.25, 0.3) is 5.91 Å². The fourth-order valence-electron chi connectivity index (χ4n) is 1.77. The van der Waals surface area contributed by atoms with E-state index in [-0.39, 0.29) is 19.1 Å². The zero-order chi connectivity index (χ0) is 15.1. The number of amides is 1. The molecule has 2 rings (SSSR count). The second kappa shape index (κ2) is 7.37. The van der Waals surface area contributed by atoms with Crippen molar-refractivity contribution in [3.8, 4) is 29.2 Å². The van der Waals surface area contributed by atoms with Gasteiger partial charge in [0.15, 0.2) is 6.61 Å². The van der Waals surface area contributed by atoms with Gasteiger partial charge in [-0.2, -0.15) is 0 Å². The van der Waals surface area contributed by atoms with Crippen molar-refractivity contribution < 1.29 is 9.53 Å². The number of hydrogen-bond acceptors (Lipinski definition) is 2. The van der Waals surface area contributed by atoms with Crippen LogP contribution in [-0.2, 0) is 4.79 Å². The second-order valence-corrected chi connectivity index (χ2v) is 4.69. The van der Waals surface area contributed by atoms with Gasteiger partial charge in [0.1, 0.15) is 5.75 Å². The topological polar surface area (TPSA) is 38.3 Å². The molecular weight excluding hydrogens is 286 g/mol. The number of hydrogen-bond donors (Lipinski definition) is 1. The van der Waals surface area contributed by atoms with E-state index >= 15 is 0 Å². The molecule has 0 unspecified atom stereocenters. The van der Waals surface area contributed by atoms with Crippen molar-refractivity contribution in [2.45, 2.75) is 0 Å². The first-order valence-electron chi connectivity index (χ1n) is 6.38. The molecule has 3 nitrogen and oxygen atoms in total. The summed E-state index contributed by atoms with van der Waals surface area (Å²) in [6.07, 6.45) is 5.05. The monoisotopic (exact) mass is 299 g/mol. The molecule has 0 saturated carbocycles. The molecule has 0 heterocycles. The Bertz CT molecular complexity index is 662. The fourth-order valence-corrected chi connectivity index (χ4v) is 2.01. The SMILES string of the molecule is C#CCNC(=O)COc1ccc(-c2ccccc2)cc1Cl. The van der Waals surface area contributed by atoms with Crippen LogP contribution in [0.5, 0.6) is 5.75 Å². The molecular formula is C17H14ClNO2. The summed E-state index contributed by atoms with van der Waals surface area (Å²) in [5.74, 6) is 2.50. The van der Waals surface area contributed by atoms with E-state index in [9.17, 15) is 4.79 Å². The molecule has 0 fully saturated rings. The van der Waals surface area contributed by atoms with Crippen molar-refractivity contribution in [3.63, 3.8) is 0 Å². The Labute approximate surface area is 128 Å². The number of halogens is 1. The van der Waals surface area contributed by atoms with Gasteiger partial charge in [-0.05, 0) is 23.3 Å². The Morgan fingerprint density at radius 2 is 1.95 bits per heavy atom. The highest BCUT2D eigenvalue weighted by Crippen LogP contribution is 2.30. The highest BCUT2D eigenvalue weighted by atomic mass is 35.5. The fraction of sp³-hybridized carbons (Fsp3) is 0.118. The van der Waals surface area contributed by atoms with E-state index in [1.165, 1.54) is 0 Å². The quantitative estimate of drug-likeness (QED) is 0.862. The molecule has 0 bridgehead atoms. The van der Waals surface area contributed by atoms with E-state index in [1.807, 2.05) is 42.5 Å². The first kappa shape index (κ1) is 15.0. The third-order valence-corrected chi connectivity index (χ3v) is 3.08. The molecule has 0 radical (unpaired) electrons. The van der Waals surface area contributed by atoms with Gasteiger partial charge in [-0.15, -0.1) is 6.42 Å². The Morgan fingerprint density at radius 3 is 2.62 bits per heavy atom.